The average Bonchev–Trinajstić information content (AvgIpc) is 2.82. The monoisotopic (exact) mass is 411 g/mol. The highest BCUT2D eigenvalue weighted by atomic mass is 16.5. The molecule has 0 saturated carbocycles. The van der Waals surface area contributed by atoms with Crippen LogP contribution in [0.2, 0.25) is 0 Å². The Labute approximate surface area is 179 Å². The van der Waals surface area contributed by atoms with E-state index in [-0.39, 0.29) is 11.3 Å². The van der Waals surface area contributed by atoms with Crippen LogP contribution in [0.15, 0.2) is 91.3 Å². The minimum Gasteiger partial charge on any atom is -0.505 e. The number of amides is 1. The van der Waals surface area contributed by atoms with Crippen molar-refractivity contribution in [2.75, 3.05) is 7.11 Å². The number of nitrogens with one attached hydrogen (secondary N) is 1. The van der Waals surface area contributed by atoms with E-state index in [0.29, 0.717) is 33.6 Å². The summed E-state index contributed by atoms with van der Waals surface area (Å²) in [6, 6.07) is 21.1. The van der Waals surface area contributed by atoms with Crippen molar-refractivity contribution in [1.29, 1.82) is 0 Å². The van der Waals surface area contributed by atoms with Gasteiger partial charge in [0.2, 0.25) is 0 Å². The molecule has 154 valence electrons. The van der Waals surface area contributed by atoms with Crippen molar-refractivity contribution in [3.05, 3.63) is 103 Å². The zero-order chi connectivity index (χ0) is 21.8. The molecule has 1 atom stereocenters. The van der Waals surface area contributed by atoms with Crippen LogP contribution in [-0.4, -0.2) is 28.1 Å². The summed E-state index contributed by atoms with van der Waals surface area (Å²) in [5.74, 6) is -0.347. The molecule has 2 aromatic carbocycles. The van der Waals surface area contributed by atoms with Gasteiger partial charge in [-0.3, -0.25) is 9.78 Å². The normalized spacial score (nSPS) is 11.6. The van der Waals surface area contributed by atoms with E-state index in [4.69, 9.17) is 4.74 Å². The summed E-state index contributed by atoms with van der Waals surface area (Å²) in [7, 11) is 1.48. The Morgan fingerprint density at radius 2 is 1.74 bits per heavy atom. The Morgan fingerprint density at radius 1 is 1.03 bits per heavy atom. The number of carbonyl (C=O) groups is 1. The van der Waals surface area contributed by atoms with Crippen LogP contribution >= 0.6 is 0 Å². The first-order valence-corrected chi connectivity index (χ1v) is 9.72. The molecule has 2 aromatic heterocycles. The number of fused-ring (bicyclic) bond motifs is 1. The maximum absolute atomic E-state index is 13.4. The van der Waals surface area contributed by atoms with E-state index in [1.807, 2.05) is 48.5 Å². The van der Waals surface area contributed by atoms with Crippen molar-refractivity contribution < 1.29 is 14.6 Å². The van der Waals surface area contributed by atoms with Crippen LogP contribution in [0, 0.1) is 0 Å². The third kappa shape index (κ3) is 3.96. The number of ether oxygens (including phenoxy) is 1. The minimum atomic E-state index is -0.690. The lowest BCUT2D eigenvalue weighted by molar-refractivity contribution is 0.0927. The number of aromatic nitrogens is 2. The summed E-state index contributed by atoms with van der Waals surface area (Å²) in [5.41, 5.74) is 2.36. The fourth-order valence-corrected chi connectivity index (χ4v) is 3.42. The number of hydrogen-bond acceptors (Lipinski definition) is 5. The Kier molecular flexibility index (Phi) is 5.62. The second kappa shape index (κ2) is 8.67. The van der Waals surface area contributed by atoms with Gasteiger partial charge in [-0.2, -0.15) is 0 Å². The highest BCUT2D eigenvalue weighted by Gasteiger charge is 2.26. The summed E-state index contributed by atoms with van der Waals surface area (Å²) in [4.78, 5) is 22.4. The Morgan fingerprint density at radius 3 is 2.45 bits per heavy atom. The molecule has 6 nitrogen and oxygen atoms in total. The summed E-state index contributed by atoms with van der Waals surface area (Å²) >= 11 is 0. The highest BCUT2D eigenvalue weighted by Crippen LogP contribution is 2.35. The molecular weight excluding hydrogens is 390 g/mol. The Hall–Kier alpha value is -4.19. The molecule has 0 bridgehead atoms. The third-order valence-corrected chi connectivity index (χ3v) is 4.98. The summed E-state index contributed by atoms with van der Waals surface area (Å²) in [6.45, 7) is 3.89. The number of carbonyl (C=O) groups excluding carboxylic acids is 1. The summed E-state index contributed by atoms with van der Waals surface area (Å²) in [5, 5.41) is 14.5. The Balaban J connectivity index is 1.83. The van der Waals surface area contributed by atoms with E-state index >= 15 is 0 Å². The molecule has 0 aliphatic rings. The van der Waals surface area contributed by atoms with Gasteiger partial charge in [0.25, 0.3) is 5.91 Å². The largest absolute Gasteiger partial charge is 0.505 e. The Bertz CT molecular complexity index is 1240. The van der Waals surface area contributed by atoms with Crippen LogP contribution in [0.25, 0.3) is 22.2 Å². The molecule has 0 fully saturated rings. The fraction of sp³-hybridized carbons (Fsp3) is 0.0800. The molecule has 4 rings (SSSR count). The number of benzene rings is 2. The van der Waals surface area contributed by atoms with Gasteiger partial charge in [-0.15, -0.1) is 0 Å². The lowest BCUT2D eigenvalue weighted by Crippen LogP contribution is -2.31. The molecule has 4 aromatic rings. The van der Waals surface area contributed by atoms with Crippen molar-refractivity contribution in [2.24, 2.45) is 0 Å². The van der Waals surface area contributed by atoms with E-state index in [0.717, 1.165) is 0 Å². The van der Waals surface area contributed by atoms with Gasteiger partial charge in [-0.25, -0.2) is 4.98 Å². The van der Waals surface area contributed by atoms with E-state index in [2.05, 4.69) is 21.9 Å². The maximum atomic E-state index is 13.4. The number of methoxy groups -OCH3 is 1. The van der Waals surface area contributed by atoms with Crippen LogP contribution in [-0.2, 0) is 4.74 Å². The molecule has 0 aliphatic heterocycles. The summed E-state index contributed by atoms with van der Waals surface area (Å²) < 4.78 is 5.29. The minimum absolute atomic E-state index is 0.134. The second-order valence-corrected chi connectivity index (χ2v) is 6.90. The highest BCUT2D eigenvalue weighted by molar-refractivity contribution is 6.10. The molecule has 31 heavy (non-hydrogen) atoms. The van der Waals surface area contributed by atoms with Gasteiger partial charge in [-0.05, 0) is 18.2 Å². The number of para-hydroxylation sites is 1. The van der Waals surface area contributed by atoms with Crippen LogP contribution in [0.4, 0.5) is 0 Å². The lowest BCUT2D eigenvalue weighted by Gasteiger charge is -2.21. The van der Waals surface area contributed by atoms with Gasteiger partial charge in [0.1, 0.15) is 17.5 Å². The van der Waals surface area contributed by atoms with Gasteiger partial charge in [0.05, 0.1) is 23.9 Å². The van der Waals surface area contributed by atoms with Gasteiger partial charge < -0.3 is 15.2 Å². The molecule has 6 heteroatoms. The third-order valence-electron chi connectivity index (χ3n) is 4.98. The lowest BCUT2D eigenvalue weighted by atomic mass is 10.0. The van der Waals surface area contributed by atoms with E-state index in [1.165, 1.54) is 7.11 Å². The molecule has 1 unspecified atom stereocenters. The first-order valence-electron chi connectivity index (χ1n) is 9.72. The predicted octanol–water partition coefficient (Wildman–Crippen LogP) is 4.63. The number of pyridine rings is 2. The van der Waals surface area contributed by atoms with Crippen LogP contribution in [0.5, 0.6) is 5.75 Å². The van der Waals surface area contributed by atoms with Gasteiger partial charge >= 0.3 is 0 Å². The van der Waals surface area contributed by atoms with Crippen LogP contribution < -0.4 is 5.32 Å². The van der Waals surface area contributed by atoms with Crippen molar-refractivity contribution in [3.8, 4) is 17.0 Å². The average molecular weight is 411 g/mol. The quantitative estimate of drug-likeness (QED) is 0.452. The van der Waals surface area contributed by atoms with E-state index < -0.39 is 11.9 Å². The number of aromatic hydroxyl groups is 1. The van der Waals surface area contributed by atoms with E-state index in [9.17, 15) is 9.90 Å². The predicted molar refractivity (Wildman–Crippen MR) is 119 cm³/mol. The van der Waals surface area contributed by atoms with Crippen molar-refractivity contribution in [1.82, 2.24) is 15.3 Å². The molecule has 0 saturated heterocycles. The molecule has 1 amide bonds. The second-order valence-electron chi connectivity index (χ2n) is 6.90. The van der Waals surface area contributed by atoms with Crippen molar-refractivity contribution >= 4 is 16.8 Å². The standard InChI is InChI=1S/C25H21N3O3/c1-16(31-2)22(20-14-8-9-15-26-20)28-25(30)21-18-12-6-7-13-19(18)27-23(24(21)29)17-10-4-3-5-11-17/h3-15,22,29H,1H2,2H3,(H,28,30). The smallest absolute Gasteiger partial charge is 0.256 e. The molecule has 2 heterocycles. The van der Waals surface area contributed by atoms with Crippen LogP contribution in [0.1, 0.15) is 22.1 Å². The van der Waals surface area contributed by atoms with Gasteiger partial charge in [0.15, 0.2) is 5.75 Å². The van der Waals surface area contributed by atoms with Gasteiger partial charge in [-0.1, -0.05) is 61.2 Å². The summed E-state index contributed by atoms with van der Waals surface area (Å²) in [6.07, 6.45) is 1.63. The fourth-order valence-electron chi connectivity index (χ4n) is 3.42. The number of hydrogen-bond donors (Lipinski definition) is 2. The van der Waals surface area contributed by atoms with Gasteiger partial charge in [0, 0.05) is 17.1 Å². The zero-order valence-corrected chi connectivity index (χ0v) is 16.9. The first-order chi connectivity index (χ1) is 15.1. The molecule has 0 radical (unpaired) electrons. The maximum Gasteiger partial charge on any atom is 0.256 e. The van der Waals surface area contributed by atoms with E-state index in [1.54, 1.807) is 30.5 Å². The molecule has 2 N–H and O–H groups in total. The first kappa shape index (κ1) is 20.1. The van der Waals surface area contributed by atoms with Crippen molar-refractivity contribution in [2.45, 2.75) is 6.04 Å². The molecule has 0 aliphatic carbocycles. The number of rotatable bonds is 6. The zero-order valence-electron chi connectivity index (χ0n) is 16.9. The SMILES string of the molecule is C=C(OC)C(NC(=O)c1c(O)c(-c2ccccc2)nc2ccccc12)c1ccccn1. The molecule has 0 spiro atoms. The van der Waals surface area contributed by atoms with Crippen LogP contribution in [0.3, 0.4) is 0 Å². The number of nitrogens with zero attached hydrogens (tertiary/aromatic N) is 2. The van der Waals surface area contributed by atoms with Crippen molar-refractivity contribution in [3.63, 3.8) is 0 Å². The molecular formula is C25H21N3O3. The topological polar surface area (TPSA) is 84.3 Å².